The highest BCUT2D eigenvalue weighted by Crippen LogP contribution is 2.32. The van der Waals surface area contributed by atoms with Crippen molar-refractivity contribution in [3.8, 4) is 0 Å². The number of hydrogen-bond donors (Lipinski definition) is 1. The lowest BCUT2D eigenvalue weighted by molar-refractivity contribution is -0.929. The summed E-state index contributed by atoms with van der Waals surface area (Å²) in [5, 5.41) is 12.8. The average molecular weight is 219 g/mol. The van der Waals surface area contributed by atoms with E-state index in [4.69, 9.17) is 0 Å². The quantitative estimate of drug-likeness (QED) is 0.667. The number of hydrogen-bond acceptors (Lipinski definition) is 1. The fourth-order valence-corrected chi connectivity index (χ4v) is 3.06. The van der Waals surface area contributed by atoms with Crippen LogP contribution in [0.15, 0.2) is 24.3 Å². The van der Waals surface area contributed by atoms with Crippen LogP contribution in [-0.4, -0.2) is 5.54 Å². The van der Waals surface area contributed by atoms with Crippen LogP contribution in [-0.2, 0) is 0 Å². The number of hydroxylamine groups is 2. The van der Waals surface area contributed by atoms with Crippen LogP contribution in [0.25, 0.3) is 0 Å². The van der Waals surface area contributed by atoms with Gasteiger partial charge in [-0.3, -0.25) is 0 Å². The maximum Gasteiger partial charge on any atom is 0.111 e. The normalized spacial score (nSPS) is 32.9. The van der Waals surface area contributed by atoms with Gasteiger partial charge in [0.05, 0.1) is 5.54 Å². The lowest BCUT2D eigenvalue weighted by atomic mass is 9.87. The van der Waals surface area contributed by atoms with Crippen LogP contribution in [0.3, 0.4) is 0 Å². The zero-order valence-electron chi connectivity index (χ0n) is 10.6. The van der Waals surface area contributed by atoms with Crippen molar-refractivity contribution < 1.29 is 5.06 Å². The average Bonchev–Trinajstić information content (AvgIpc) is 2.31. The van der Waals surface area contributed by atoms with Crippen LogP contribution in [0.4, 0.5) is 0 Å². The third kappa shape index (κ3) is 1.76. The smallest absolute Gasteiger partial charge is 0.111 e. The molecule has 0 aromatic heterocycles. The predicted molar refractivity (Wildman–Crippen MR) is 66.3 cm³/mol. The number of fused-ring (bicyclic) bond motifs is 1. The minimum atomic E-state index is -0.197. The van der Waals surface area contributed by atoms with E-state index in [0.29, 0.717) is 11.0 Å². The monoisotopic (exact) mass is 219 g/mol. The lowest BCUT2D eigenvalue weighted by Gasteiger charge is -2.41. The molecule has 2 nitrogen and oxygen atoms in total. The molecule has 0 amide bonds. The first-order chi connectivity index (χ1) is 7.43. The van der Waals surface area contributed by atoms with E-state index in [0.717, 1.165) is 6.42 Å². The van der Waals surface area contributed by atoms with Gasteiger partial charge in [-0.15, -0.1) is 0 Å². The summed E-state index contributed by atoms with van der Waals surface area (Å²) < 4.78 is 0. The molecule has 3 atom stereocenters. The second kappa shape index (κ2) is 3.86. The molecule has 3 unspecified atom stereocenters. The van der Waals surface area contributed by atoms with Crippen molar-refractivity contribution in [3.63, 3.8) is 0 Å². The van der Waals surface area contributed by atoms with E-state index >= 15 is 0 Å². The van der Waals surface area contributed by atoms with Crippen molar-refractivity contribution >= 4 is 0 Å². The molecule has 1 N–H and O–H groups in total. The molecule has 0 aliphatic carbocycles. The maximum atomic E-state index is 12.4. The molecule has 1 aromatic carbocycles. The molecule has 0 saturated heterocycles. The number of rotatable bonds is 0. The zero-order chi connectivity index (χ0) is 11.9. The predicted octanol–water partition coefficient (Wildman–Crippen LogP) is 2.42. The molecule has 2 heteroatoms. The fraction of sp³-hybridized carbons (Fsp3) is 0.571. The van der Waals surface area contributed by atoms with E-state index in [-0.39, 0.29) is 11.6 Å². The second-order valence-electron chi connectivity index (χ2n) is 5.70. The van der Waals surface area contributed by atoms with Gasteiger partial charge in [-0.25, -0.2) is 0 Å². The molecule has 0 bridgehead atoms. The lowest BCUT2D eigenvalue weighted by Crippen LogP contribution is -3.15. The van der Waals surface area contributed by atoms with Crippen molar-refractivity contribution in [1.82, 2.24) is 0 Å². The maximum absolute atomic E-state index is 12.4. The van der Waals surface area contributed by atoms with Gasteiger partial charge in [0.2, 0.25) is 0 Å². The Morgan fingerprint density at radius 1 is 1.19 bits per heavy atom. The van der Waals surface area contributed by atoms with Crippen LogP contribution in [0.2, 0.25) is 0 Å². The van der Waals surface area contributed by atoms with Crippen molar-refractivity contribution in [2.75, 3.05) is 0 Å². The molecule has 0 fully saturated rings. The van der Waals surface area contributed by atoms with Gasteiger partial charge in [-0.1, -0.05) is 31.2 Å². The molecule has 2 rings (SSSR count). The third-order valence-corrected chi connectivity index (χ3v) is 3.87. The first-order valence-electron chi connectivity index (χ1n) is 6.06. The van der Waals surface area contributed by atoms with Crippen LogP contribution >= 0.6 is 0 Å². The van der Waals surface area contributed by atoms with E-state index in [1.165, 1.54) is 11.1 Å². The number of nitrogens with one attached hydrogen (secondary N) is 1. The van der Waals surface area contributed by atoms with Crippen LogP contribution in [0.1, 0.15) is 57.2 Å². The third-order valence-electron chi connectivity index (χ3n) is 3.87. The minimum absolute atomic E-state index is 0.0381. The standard InChI is InChI=1S/C14H21NO/c1-10-9-14(3,4)15(16)11(2)13-8-6-5-7-12(10)13/h5-8,10-11,15H,9H2,1-4H3. The van der Waals surface area contributed by atoms with Gasteiger partial charge in [0.15, 0.2) is 0 Å². The molecular weight excluding hydrogens is 198 g/mol. The van der Waals surface area contributed by atoms with E-state index in [9.17, 15) is 5.21 Å². The Morgan fingerprint density at radius 2 is 1.75 bits per heavy atom. The highest BCUT2D eigenvalue weighted by Gasteiger charge is 2.36. The zero-order valence-corrected chi connectivity index (χ0v) is 10.6. The summed E-state index contributed by atoms with van der Waals surface area (Å²) >= 11 is 0. The molecule has 1 heterocycles. The summed E-state index contributed by atoms with van der Waals surface area (Å²) in [6.45, 7) is 8.43. The first-order valence-corrected chi connectivity index (χ1v) is 6.06. The molecule has 88 valence electrons. The molecule has 1 aliphatic rings. The Bertz CT molecular complexity index is 386. The number of benzene rings is 1. The second-order valence-corrected chi connectivity index (χ2v) is 5.70. The Kier molecular flexibility index (Phi) is 2.81. The van der Waals surface area contributed by atoms with Crippen molar-refractivity contribution in [2.24, 2.45) is 0 Å². The fourth-order valence-electron chi connectivity index (χ4n) is 3.06. The van der Waals surface area contributed by atoms with E-state index in [2.05, 4.69) is 39.0 Å². The van der Waals surface area contributed by atoms with Crippen LogP contribution in [0, 0.1) is 5.21 Å². The van der Waals surface area contributed by atoms with Gasteiger partial charge in [0.1, 0.15) is 6.04 Å². The van der Waals surface area contributed by atoms with Gasteiger partial charge in [0.25, 0.3) is 0 Å². The summed E-state index contributed by atoms with van der Waals surface area (Å²) in [6.07, 6.45) is 0.952. The largest absolute Gasteiger partial charge is 0.633 e. The van der Waals surface area contributed by atoms with Gasteiger partial charge >= 0.3 is 0 Å². The van der Waals surface area contributed by atoms with Gasteiger partial charge in [-0.05, 0) is 32.3 Å². The van der Waals surface area contributed by atoms with Crippen molar-refractivity contribution in [2.45, 2.75) is 51.6 Å². The Labute approximate surface area is 97.9 Å². The molecular formula is C14H21NO. The van der Waals surface area contributed by atoms with Crippen LogP contribution in [0.5, 0.6) is 0 Å². The van der Waals surface area contributed by atoms with E-state index in [1.807, 2.05) is 13.0 Å². The SMILES string of the molecule is CC1CC(C)(C)[NH+]([O-])C(C)c2ccccc21. The van der Waals surface area contributed by atoms with Crippen molar-refractivity contribution in [3.05, 3.63) is 40.6 Å². The van der Waals surface area contributed by atoms with E-state index in [1.54, 1.807) is 0 Å². The highest BCUT2D eigenvalue weighted by molar-refractivity contribution is 5.32. The van der Waals surface area contributed by atoms with Crippen molar-refractivity contribution in [1.29, 1.82) is 0 Å². The summed E-state index contributed by atoms with van der Waals surface area (Å²) in [4.78, 5) is 0. The van der Waals surface area contributed by atoms with Gasteiger partial charge < -0.3 is 10.3 Å². The molecule has 1 aromatic rings. The van der Waals surface area contributed by atoms with Gasteiger partial charge in [0, 0.05) is 12.0 Å². The summed E-state index contributed by atoms with van der Waals surface area (Å²) in [6, 6.07) is 8.43. The molecule has 1 aliphatic heterocycles. The summed E-state index contributed by atoms with van der Waals surface area (Å²) in [7, 11) is 0. The number of quaternary nitrogens is 1. The Morgan fingerprint density at radius 3 is 2.38 bits per heavy atom. The molecule has 0 radical (unpaired) electrons. The topological polar surface area (TPSA) is 27.5 Å². The highest BCUT2D eigenvalue weighted by atomic mass is 16.5. The Balaban J connectivity index is 2.51. The minimum Gasteiger partial charge on any atom is -0.633 e. The molecule has 16 heavy (non-hydrogen) atoms. The first kappa shape index (κ1) is 11.6. The van der Waals surface area contributed by atoms with Gasteiger partial charge in [-0.2, -0.15) is 0 Å². The molecule has 0 spiro atoms. The Hall–Kier alpha value is -0.860. The molecule has 0 saturated carbocycles. The summed E-state index contributed by atoms with van der Waals surface area (Å²) in [5.41, 5.74) is 2.39. The van der Waals surface area contributed by atoms with Crippen LogP contribution < -0.4 is 5.06 Å². The summed E-state index contributed by atoms with van der Waals surface area (Å²) in [5.74, 6) is 0.472. The van der Waals surface area contributed by atoms with E-state index < -0.39 is 0 Å².